The lowest BCUT2D eigenvalue weighted by molar-refractivity contribution is 0.0538. The Labute approximate surface area is 188 Å². The molecule has 2 aliphatic carbocycles. The van der Waals surface area contributed by atoms with Gasteiger partial charge in [-0.15, -0.1) is 0 Å². The molecule has 3 atom stereocenters. The Morgan fingerprint density at radius 2 is 1.84 bits per heavy atom. The minimum absolute atomic E-state index is 0.0380. The van der Waals surface area contributed by atoms with Crippen LogP contribution in [0.1, 0.15) is 59.1 Å². The number of piperidine rings is 1. The van der Waals surface area contributed by atoms with Crippen molar-refractivity contribution in [1.82, 2.24) is 9.88 Å². The van der Waals surface area contributed by atoms with Crippen LogP contribution in [0.25, 0.3) is 0 Å². The predicted molar refractivity (Wildman–Crippen MR) is 123 cm³/mol. The molecule has 0 saturated carbocycles. The number of likely N-dealkylation sites (tertiary alicyclic amines) is 1. The molecule has 1 aromatic heterocycles. The highest BCUT2D eigenvalue weighted by atomic mass is 35.5. The first-order valence-corrected chi connectivity index (χ1v) is 11.7. The smallest absolute Gasteiger partial charge is 0.0833 e. The van der Waals surface area contributed by atoms with Gasteiger partial charge in [-0.3, -0.25) is 4.98 Å². The van der Waals surface area contributed by atoms with E-state index in [1.165, 1.54) is 22.3 Å². The third-order valence-corrected chi connectivity index (χ3v) is 8.14. The fraction of sp³-hybridized carbons (Fsp3) is 0.370. The van der Waals surface area contributed by atoms with Gasteiger partial charge in [-0.2, -0.15) is 0 Å². The second kappa shape index (κ2) is 7.44. The lowest BCUT2D eigenvalue weighted by Gasteiger charge is -2.40. The Morgan fingerprint density at radius 3 is 2.65 bits per heavy atom. The molecule has 0 amide bonds. The fourth-order valence-corrected chi connectivity index (χ4v) is 6.62. The van der Waals surface area contributed by atoms with Gasteiger partial charge in [0.15, 0.2) is 0 Å². The Kier molecular flexibility index (Phi) is 4.68. The first kappa shape index (κ1) is 19.5. The molecular weight excluding hydrogens is 404 g/mol. The normalized spacial score (nSPS) is 25.9. The summed E-state index contributed by atoms with van der Waals surface area (Å²) >= 11 is 6.46. The summed E-state index contributed by atoms with van der Waals surface area (Å²) in [4.78, 5) is 6.79. The highest BCUT2D eigenvalue weighted by Gasteiger charge is 2.53. The van der Waals surface area contributed by atoms with Crippen molar-refractivity contribution in [3.63, 3.8) is 0 Å². The van der Waals surface area contributed by atoms with Crippen molar-refractivity contribution in [2.24, 2.45) is 5.92 Å². The van der Waals surface area contributed by atoms with Crippen LogP contribution in [0.4, 0.5) is 0 Å². The number of nitrogens with zero attached hydrogens (tertiary/aromatic N) is 2. The number of pyridine rings is 1. The van der Waals surface area contributed by atoms with E-state index in [0.29, 0.717) is 11.8 Å². The molecule has 2 bridgehead atoms. The maximum atomic E-state index is 10.8. The van der Waals surface area contributed by atoms with Crippen LogP contribution in [0.3, 0.4) is 0 Å². The third-order valence-electron chi connectivity index (χ3n) is 7.91. The zero-order valence-corrected chi connectivity index (χ0v) is 18.3. The summed E-state index contributed by atoms with van der Waals surface area (Å²) in [5, 5.41) is 11.7. The summed E-state index contributed by atoms with van der Waals surface area (Å²) in [7, 11) is 0. The van der Waals surface area contributed by atoms with Crippen LogP contribution in [0.5, 0.6) is 0 Å². The fourth-order valence-electron chi connectivity index (χ4n) is 6.45. The van der Waals surface area contributed by atoms with E-state index in [-0.39, 0.29) is 5.41 Å². The first-order valence-electron chi connectivity index (χ1n) is 11.4. The van der Waals surface area contributed by atoms with Crippen LogP contribution in [0.2, 0.25) is 5.02 Å². The van der Waals surface area contributed by atoms with Crippen molar-refractivity contribution >= 4 is 11.6 Å². The van der Waals surface area contributed by atoms with Gasteiger partial charge in [-0.05, 0) is 84.3 Å². The summed E-state index contributed by atoms with van der Waals surface area (Å²) in [6.45, 7) is 3.07. The number of rotatable bonds is 4. The van der Waals surface area contributed by atoms with Crippen molar-refractivity contribution in [3.05, 3.63) is 99.8 Å². The average Bonchev–Trinajstić information content (AvgIpc) is 3.31. The van der Waals surface area contributed by atoms with Crippen LogP contribution in [0, 0.1) is 5.92 Å². The number of aliphatic hydroxyl groups excluding tert-OH is 1. The van der Waals surface area contributed by atoms with Gasteiger partial charge >= 0.3 is 0 Å². The Balaban J connectivity index is 1.25. The number of benzene rings is 2. The SMILES string of the molecule is O[C@H](c1cccnc1)C1CCN(C[C@]23C[C@@H](c4ccccc42)c2ccc(Cl)cc23)CC1. The number of hydrogen-bond donors (Lipinski definition) is 1. The third kappa shape index (κ3) is 3.06. The maximum absolute atomic E-state index is 10.8. The average molecular weight is 431 g/mol. The van der Waals surface area contributed by atoms with Crippen molar-refractivity contribution in [3.8, 4) is 0 Å². The van der Waals surface area contributed by atoms with Crippen molar-refractivity contribution in [2.45, 2.75) is 36.7 Å². The maximum Gasteiger partial charge on any atom is 0.0833 e. The van der Waals surface area contributed by atoms with Crippen LogP contribution < -0.4 is 0 Å². The van der Waals surface area contributed by atoms with Gasteiger partial charge in [0.05, 0.1) is 6.10 Å². The van der Waals surface area contributed by atoms with Gasteiger partial charge in [-0.25, -0.2) is 0 Å². The topological polar surface area (TPSA) is 36.4 Å². The summed E-state index contributed by atoms with van der Waals surface area (Å²) < 4.78 is 0. The summed E-state index contributed by atoms with van der Waals surface area (Å²) in [5.41, 5.74) is 6.86. The van der Waals surface area contributed by atoms with Gasteiger partial charge in [0, 0.05) is 35.3 Å². The van der Waals surface area contributed by atoms with Crippen molar-refractivity contribution in [2.75, 3.05) is 19.6 Å². The van der Waals surface area contributed by atoms with Crippen LogP contribution in [-0.2, 0) is 5.41 Å². The minimum atomic E-state index is -0.420. The van der Waals surface area contributed by atoms with E-state index >= 15 is 0 Å². The lowest BCUT2D eigenvalue weighted by atomic mass is 9.74. The molecule has 158 valence electrons. The summed E-state index contributed by atoms with van der Waals surface area (Å²) in [6, 6.07) is 19.4. The molecule has 1 N–H and O–H groups in total. The van der Waals surface area contributed by atoms with Gasteiger partial charge < -0.3 is 10.0 Å². The van der Waals surface area contributed by atoms with E-state index in [1.807, 2.05) is 18.2 Å². The minimum Gasteiger partial charge on any atom is -0.388 e. The molecular formula is C27H27ClN2O. The highest BCUT2D eigenvalue weighted by molar-refractivity contribution is 6.30. The van der Waals surface area contributed by atoms with Gasteiger partial charge in [0.1, 0.15) is 0 Å². The van der Waals surface area contributed by atoms with Crippen LogP contribution in [-0.4, -0.2) is 34.6 Å². The molecule has 0 spiro atoms. The van der Waals surface area contributed by atoms with Gasteiger partial charge in [0.2, 0.25) is 0 Å². The molecule has 1 saturated heterocycles. The molecule has 31 heavy (non-hydrogen) atoms. The zero-order chi connectivity index (χ0) is 21.0. The van der Waals surface area contributed by atoms with E-state index < -0.39 is 6.10 Å². The van der Waals surface area contributed by atoms with E-state index in [4.69, 9.17) is 11.6 Å². The molecule has 1 fully saturated rings. The number of fused-ring (bicyclic) bond motifs is 8. The second-order valence-corrected chi connectivity index (χ2v) is 9.94. The van der Waals surface area contributed by atoms with Crippen molar-refractivity contribution in [1.29, 1.82) is 0 Å². The van der Waals surface area contributed by atoms with Crippen molar-refractivity contribution < 1.29 is 5.11 Å². The molecule has 0 radical (unpaired) electrons. The molecule has 1 aliphatic heterocycles. The monoisotopic (exact) mass is 430 g/mol. The highest BCUT2D eigenvalue weighted by Crippen LogP contribution is 2.60. The van der Waals surface area contributed by atoms with Gasteiger partial charge in [-0.1, -0.05) is 48.0 Å². The summed E-state index contributed by atoms with van der Waals surface area (Å²) in [5.74, 6) is 0.792. The van der Waals surface area contributed by atoms with E-state index in [9.17, 15) is 5.11 Å². The van der Waals surface area contributed by atoms with E-state index in [1.54, 1.807) is 12.4 Å². The predicted octanol–water partition coefficient (Wildman–Crippen LogP) is 5.32. The Morgan fingerprint density at radius 1 is 1.03 bits per heavy atom. The molecule has 4 heteroatoms. The Hall–Kier alpha value is -2.20. The van der Waals surface area contributed by atoms with Crippen LogP contribution in [0.15, 0.2) is 67.0 Å². The Bertz CT molecular complexity index is 1110. The number of halogens is 1. The molecule has 3 aromatic rings. The first-order chi connectivity index (χ1) is 15.2. The quantitative estimate of drug-likeness (QED) is 0.608. The van der Waals surface area contributed by atoms with E-state index in [0.717, 1.165) is 49.5 Å². The number of aliphatic hydroxyl groups is 1. The molecule has 0 unspecified atom stereocenters. The zero-order valence-electron chi connectivity index (χ0n) is 17.5. The molecule has 2 heterocycles. The van der Waals surface area contributed by atoms with E-state index in [2.05, 4.69) is 46.3 Å². The van der Waals surface area contributed by atoms with Gasteiger partial charge in [0.25, 0.3) is 0 Å². The molecule has 6 rings (SSSR count). The molecule has 3 nitrogen and oxygen atoms in total. The second-order valence-electron chi connectivity index (χ2n) is 9.50. The lowest BCUT2D eigenvalue weighted by Crippen LogP contribution is -2.44. The summed E-state index contributed by atoms with van der Waals surface area (Å²) in [6.07, 6.45) is 6.32. The standard InChI is InChI=1S/C27H27ClN2O/c28-20-7-8-22-23-15-27(25(22)14-20,24-6-2-1-5-21(23)24)17-30-12-9-18(10-13-30)26(31)19-4-3-11-29-16-19/h1-8,11,14,16,18,23,26,31H,9-10,12-13,15,17H2/t23-,26-,27+/m0/s1. The van der Waals surface area contributed by atoms with Crippen LogP contribution >= 0.6 is 11.6 Å². The molecule has 2 aromatic carbocycles. The largest absolute Gasteiger partial charge is 0.388 e. The number of aromatic nitrogens is 1. The number of hydrogen-bond acceptors (Lipinski definition) is 3. The molecule has 3 aliphatic rings.